The zero-order chi connectivity index (χ0) is 14.8. The van der Waals surface area contributed by atoms with Gasteiger partial charge in [-0.2, -0.15) is 0 Å². The van der Waals surface area contributed by atoms with Crippen molar-refractivity contribution in [1.29, 1.82) is 0 Å². The molecule has 2 aliphatic rings. The van der Waals surface area contributed by atoms with Gasteiger partial charge in [0.25, 0.3) is 0 Å². The van der Waals surface area contributed by atoms with Gasteiger partial charge in [-0.05, 0) is 57.5 Å². The maximum absolute atomic E-state index is 5.73. The van der Waals surface area contributed by atoms with E-state index in [0.29, 0.717) is 23.6 Å². The zero-order valence-electron chi connectivity index (χ0n) is 14.1. The molecule has 118 valence electrons. The van der Waals surface area contributed by atoms with Crippen LogP contribution in [-0.4, -0.2) is 49.8 Å². The number of ether oxygens (including phenoxy) is 1. The molecule has 2 fully saturated rings. The number of likely N-dealkylation sites (N-methyl/N-ethyl adjacent to an activating group) is 1. The Morgan fingerprint density at radius 2 is 2.05 bits per heavy atom. The predicted octanol–water partition coefficient (Wildman–Crippen LogP) is 2.90. The normalized spacial score (nSPS) is 37.5. The number of nitrogens with zero attached hydrogens (tertiary/aromatic N) is 1. The quantitative estimate of drug-likeness (QED) is 0.839. The van der Waals surface area contributed by atoms with Crippen LogP contribution in [0.1, 0.15) is 53.4 Å². The van der Waals surface area contributed by atoms with Crippen LogP contribution in [0.4, 0.5) is 0 Å². The summed E-state index contributed by atoms with van der Waals surface area (Å²) in [5.41, 5.74) is 0.509. The molecule has 20 heavy (non-hydrogen) atoms. The first-order valence-corrected chi connectivity index (χ1v) is 8.48. The van der Waals surface area contributed by atoms with Crippen LogP contribution in [0, 0.1) is 11.3 Å². The number of nitrogens with one attached hydrogen (secondary N) is 1. The average Bonchev–Trinajstić information content (AvgIpc) is 2.78. The third kappa shape index (κ3) is 3.96. The van der Waals surface area contributed by atoms with E-state index < -0.39 is 0 Å². The van der Waals surface area contributed by atoms with Crippen LogP contribution in [0.15, 0.2) is 0 Å². The van der Waals surface area contributed by atoms with Crippen LogP contribution >= 0.6 is 0 Å². The first-order chi connectivity index (χ1) is 9.43. The third-order valence-electron chi connectivity index (χ3n) is 5.41. The third-order valence-corrected chi connectivity index (χ3v) is 5.41. The molecule has 1 heterocycles. The molecule has 3 heteroatoms. The van der Waals surface area contributed by atoms with E-state index in [9.17, 15) is 0 Å². The van der Waals surface area contributed by atoms with Gasteiger partial charge in [-0.1, -0.05) is 20.8 Å². The van der Waals surface area contributed by atoms with Crippen LogP contribution in [0.3, 0.4) is 0 Å². The summed E-state index contributed by atoms with van der Waals surface area (Å²) in [4.78, 5) is 2.56. The van der Waals surface area contributed by atoms with Gasteiger partial charge in [0.15, 0.2) is 0 Å². The van der Waals surface area contributed by atoms with E-state index in [1.165, 1.54) is 32.2 Å². The molecular formula is C17H34N2O. The van der Waals surface area contributed by atoms with Gasteiger partial charge in [0.1, 0.15) is 0 Å². The lowest BCUT2D eigenvalue weighted by Crippen LogP contribution is -2.49. The van der Waals surface area contributed by atoms with Gasteiger partial charge in [0, 0.05) is 25.2 Å². The summed E-state index contributed by atoms with van der Waals surface area (Å²) in [5.74, 6) is 0.775. The lowest BCUT2D eigenvalue weighted by Gasteiger charge is -2.43. The highest BCUT2D eigenvalue weighted by Gasteiger charge is 2.37. The predicted molar refractivity (Wildman–Crippen MR) is 85.0 cm³/mol. The summed E-state index contributed by atoms with van der Waals surface area (Å²) in [6, 6.07) is 1.32. The molecule has 4 atom stereocenters. The maximum atomic E-state index is 5.73. The topological polar surface area (TPSA) is 24.5 Å². The molecule has 2 rings (SSSR count). The fourth-order valence-corrected chi connectivity index (χ4v) is 4.26. The van der Waals surface area contributed by atoms with Crippen molar-refractivity contribution in [3.8, 4) is 0 Å². The molecule has 1 N–H and O–H groups in total. The van der Waals surface area contributed by atoms with E-state index in [4.69, 9.17) is 4.74 Å². The minimum Gasteiger partial charge on any atom is -0.377 e. The highest BCUT2D eigenvalue weighted by molar-refractivity contribution is 4.91. The molecule has 0 aromatic heterocycles. The Hall–Kier alpha value is -0.120. The Morgan fingerprint density at radius 3 is 2.65 bits per heavy atom. The molecule has 0 aromatic rings. The van der Waals surface area contributed by atoms with Crippen LogP contribution in [0.2, 0.25) is 0 Å². The molecule has 0 amide bonds. The monoisotopic (exact) mass is 282 g/mol. The second-order valence-corrected chi connectivity index (χ2v) is 7.70. The van der Waals surface area contributed by atoms with Crippen molar-refractivity contribution in [2.24, 2.45) is 11.3 Å². The average molecular weight is 282 g/mol. The Bertz CT molecular complexity index is 305. The summed E-state index contributed by atoms with van der Waals surface area (Å²) in [7, 11) is 2.29. The van der Waals surface area contributed by atoms with E-state index in [0.717, 1.165) is 19.1 Å². The molecule has 1 saturated carbocycles. The van der Waals surface area contributed by atoms with Crippen molar-refractivity contribution < 1.29 is 4.74 Å². The summed E-state index contributed by atoms with van der Waals surface area (Å²) < 4.78 is 5.73. The molecule has 0 bridgehead atoms. The molecule has 0 radical (unpaired) electrons. The van der Waals surface area contributed by atoms with Gasteiger partial charge in [0.2, 0.25) is 0 Å². The molecular weight excluding hydrogens is 248 g/mol. The van der Waals surface area contributed by atoms with E-state index >= 15 is 0 Å². The van der Waals surface area contributed by atoms with Crippen LogP contribution in [-0.2, 0) is 4.74 Å². The number of hydrogen-bond donors (Lipinski definition) is 1. The minimum absolute atomic E-state index is 0.397. The van der Waals surface area contributed by atoms with E-state index in [1.54, 1.807) is 0 Å². The fourth-order valence-electron chi connectivity index (χ4n) is 4.26. The molecule has 0 aromatic carbocycles. The molecule has 0 spiro atoms. The highest BCUT2D eigenvalue weighted by Crippen LogP contribution is 2.39. The van der Waals surface area contributed by atoms with Crippen molar-refractivity contribution in [1.82, 2.24) is 10.2 Å². The first kappa shape index (κ1) is 16.3. The second kappa shape index (κ2) is 6.76. The number of rotatable bonds is 5. The fraction of sp³-hybridized carbons (Fsp3) is 1.00. The van der Waals surface area contributed by atoms with Gasteiger partial charge in [-0.3, -0.25) is 0 Å². The maximum Gasteiger partial charge on any atom is 0.0702 e. The lowest BCUT2D eigenvalue weighted by atomic mass is 9.69. The van der Waals surface area contributed by atoms with Gasteiger partial charge in [-0.15, -0.1) is 0 Å². The minimum atomic E-state index is 0.397. The Balaban J connectivity index is 1.95. The largest absolute Gasteiger partial charge is 0.377 e. The summed E-state index contributed by atoms with van der Waals surface area (Å²) in [6.45, 7) is 12.6. The van der Waals surface area contributed by atoms with Gasteiger partial charge in [0.05, 0.1) is 6.10 Å². The van der Waals surface area contributed by atoms with E-state index in [-0.39, 0.29) is 0 Å². The second-order valence-electron chi connectivity index (χ2n) is 7.70. The lowest BCUT2D eigenvalue weighted by molar-refractivity contribution is 0.0577. The molecule has 1 aliphatic heterocycles. The van der Waals surface area contributed by atoms with Crippen molar-refractivity contribution in [2.45, 2.75) is 71.6 Å². The SMILES string of the molecule is CCNC1CCC(C)(C)CC1CN(C)C1CCOC1C. The van der Waals surface area contributed by atoms with Gasteiger partial charge < -0.3 is 15.0 Å². The standard InChI is InChI=1S/C17H34N2O/c1-6-18-15-7-9-17(3,4)11-14(15)12-19(5)16-8-10-20-13(16)2/h13-16,18H,6-12H2,1-5H3. The number of hydrogen-bond acceptors (Lipinski definition) is 3. The van der Waals surface area contributed by atoms with Crippen molar-refractivity contribution in [2.75, 3.05) is 26.7 Å². The van der Waals surface area contributed by atoms with Crippen LogP contribution in [0.25, 0.3) is 0 Å². The first-order valence-electron chi connectivity index (χ1n) is 8.48. The smallest absolute Gasteiger partial charge is 0.0702 e. The molecule has 3 nitrogen and oxygen atoms in total. The van der Waals surface area contributed by atoms with Gasteiger partial charge >= 0.3 is 0 Å². The summed E-state index contributed by atoms with van der Waals surface area (Å²) in [6.07, 6.45) is 5.62. The van der Waals surface area contributed by atoms with Crippen molar-refractivity contribution >= 4 is 0 Å². The Kier molecular flexibility index (Phi) is 5.49. The highest BCUT2D eigenvalue weighted by atomic mass is 16.5. The summed E-state index contributed by atoms with van der Waals surface area (Å²) >= 11 is 0. The van der Waals surface area contributed by atoms with E-state index in [2.05, 4.69) is 45.0 Å². The van der Waals surface area contributed by atoms with Gasteiger partial charge in [-0.25, -0.2) is 0 Å². The van der Waals surface area contributed by atoms with Crippen LogP contribution < -0.4 is 5.32 Å². The van der Waals surface area contributed by atoms with Crippen molar-refractivity contribution in [3.63, 3.8) is 0 Å². The Labute approximate surface area is 125 Å². The van der Waals surface area contributed by atoms with Crippen LogP contribution in [0.5, 0.6) is 0 Å². The zero-order valence-corrected chi connectivity index (χ0v) is 14.1. The Morgan fingerprint density at radius 1 is 1.30 bits per heavy atom. The molecule has 4 unspecified atom stereocenters. The summed E-state index contributed by atoms with van der Waals surface area (Å²) in [5, 5.41) is 3.72. The molecule has 1 aliphatic carbocycles. The molecule has 1 saturated heterocycles. The van der Waals surface area contributed by atoms with Crippen molar-refractivity contribution in [3.05, 3.63) is 0 Å². The van der Waals surface area contributed by atoms with E-state index in [1.807, 2.05) is 0 Å².